The van der Waals surface area contributed by atoms with Crippen LogP contribution in [-0.4, -0.2) is 34.2 Å². The van der Waals surface area contributed by atoms with E-state index < -0.39 is 12.1 Å². The van der Waals surface area contributed by atoms with Gasteiger partial charge in [-0.15, -0.1) is 0 Å². The second kappa shape index (κ2) is 8.28. The normalized spacial score (nSPS) is 17.3. The molecule has 3 rings (SSSR count). The molecule has 1 unspecified atom stereocenters. The zero-order valence-electron chi connectivity index (χ0n) is 14.3. The molecular formula is C21H25NO3. The van der Waals surface area contributed by atoms with Crippen molar-refractivity contribution in [3.63, 3.8) is 0 Å². The van der Waals surface area contributed by atoms with Gasteiger partial charge in [-0.3, -0.25) is 9.69 Å². The summed E-state index contributed by atoms with van der Waals surface area (Å²) in [5.41, 5.74) is 2.97. The van der Waals surface area contributed by atoms with E-state index in [4.69, 9.17) is 5.11 Å². The second-order valence-corrected chi connectivity index (χ2v) is 6.81. The Balaban J connectivity index is 1.57. The van der Waals surface area contributed by atoms with Gasteiger partial charge in [0.1, 0.15) is 0 Å². The van der Waals surface area contributed by atoms with Crippen LogP contribution in [0.5, 0.6) is 0 Å². The maximum atomic E-state index is 11.0. The molecule has 0 spiro atoms. The third kappa shape index (κ3) is 4.68. The highest BCUT2D eigenvalue weighted by atomic mass is 16.4. The van der Waals surface area contributed by atoms with Gasteiger partial charge in [-0.05, 0) is 48.5 Å². The summed E-state index contributed by atoms with van der Waals surface area (Å²) in [6.07, 6.45) is 1.58. The molecule has 0 bridgehead atoms. The highest BCUT2D eigenvalue weighted by Crippen LogP contribution is 2.31. The Kier molecular flexibility index (Phi) is 5.84. The number of aliphatic carboxylic acids is 1. The number of nitrogens with zero attached hydrogens (tertiary/aromatic N) is 1. The van der Waals surface area contributed by atoms with Crippen molar-refractivity contribution in [1.82, 2.24) is 4.90 Å². The van der Waals surface area contributed by atoms with Gasteiger partial charge in [0.2, 0.25) is 0 Å². The number of carbonyl (C=O) groups is 1. The Morgan fingerprint density at radius 3 is 2.24 bits per heavy atom. The lowest BCUT2D eigenvalue weighted by atomic mass is 9.87. The minimum absolute atomic E-state index is 0.0688. The molecule has 1 atom stereocenters. The number of aliphatic hydroxyl groups excluding tert-OH is 1. The smallest absolute Gasteiger partial charge is 0.307 e. The zero-order valence-corrected chi connectivity index (χ0v) is 14.3. The maximum absolute atomic E-state index is 11.0. The molecule has 0 aliphatic carbocycles. The fourth-order valence-electron chi connectivity index (χ4n) is 3.64. The predicted octanol–water partition coefficient (Wildman–Crippen LogP) is 3.26. The van der Waals surface area contributed by atoms with Gasteiger partial charge in [0, 0.05) is 6.54 Å². The summed E-state index contributed by atoms with van der Waals surface area (Å²) >= 11 is 0. The molecule has 2 aromatic rings. The summed E-state index contributed by atoms with van der Waals surface area (Å²) < 4.78 is 0. The van der Waals surface area contributed by atoms with E-state index >= 15 is 0 Å². The lowest BCUT2D eigenvalue weighted by molar-refractivity contribution is -0.136. The third-order valence-corrected chi connectivity index (χ3v) is 5.07. The molecule has 0 radical (unpaired) electrons. The SMILES string of the molecule is O=C(O)Cc1ccccc1CN1CCC(C(O)c2ccccc2)CC1. The van der Waals surface area contributed by atoms with Crippen molar-refractivity contribution in [1.29, 1.82) is 0 Å². The van der Waals surface area contributed by atoms with E-state index in [0.29, 0.717) is 0 Å². The zero-order chi connectivity index (χ0) is 17.6. The van der Waals surface area contributed by atoms with E-state index in [-0.39, 0.29) is 12.3 Å². The average molecular weight is 339 g/mol. The molecule has 1 fully saturated rings. The molecule has 4 heteroatoms. The molecule has 0 saturated carbocycles. The van der Waals surface area contributed by atoms with Crippen LogP contribution >= 0.6 is 0 Å². The topological polar surface area (TPSA) is 60.8 Å². The molecular weight excluding hydrogens is 314 g/mol. The summed E-state index contributed by atoms with van der Waals surface area (Å²) in [6, 6.07) is 17.6. The average Bonchev–Trinajstić information content (AvgIpc) is 2.64. The van der Waals surface area contributed by atoms with Crippen molar-refractivity contribution in [3.05, 3.63) is 71.3 Å². The van der Waals surface area contributed by atoms with Gasteiger partial charge in [-0.25, -0.2) is 0 Å². The van der Waals surface area contributed by atoms with Crippen LogP contribution in [0.2, 0.25) is 0 Å². The number of carboxylic acids is 1. The van der Waals surface area contributed by atoms with Crippen LogP contribution in [0.4, 0.5) is 0 Å². The van der Waals surface area contributed by atoms with Crippen molar-refractivity contribution < 1.29 is 15.0 Å². The first-order valence-electron chi connectivity index (χ1n) is 8.87. The van der Waals surface area contributed by atoms with Gasteiger partial charge in [-0.1, -0.05) is 54.6 Å². The van der Waals surface area contributed by atoms with Gasteiger partial charge in [-0.2, -0.15) is 0 Å². The van der Waals surface area contributed by atoms with E-state index in [2.05, 4.69) is 4.90 Å². The molecule has 1 heterocycles. The number of aliphatic hydroxyl groups is 1. The van der Waals surface area contributed by atoms with E-state index in [9.17, 15) is 9.90 Å². The first-order chi connectivity index (χ1) is 12.1. The second-order valence-electron chi connectivity index (χ2n) is 6.81. The number of hydrogen-bond donors (Lipinski definition) is 2. The third-order valence-electron chi connectivity index (χ3n) is 5.07. The van der Waals surface area contributed by atoms with Crippen molar-refractivity contribution >= 4 is 5.97 Å². The lowest BCUT2D eigenvalue weighted by Gasteiger charge is -2.34. The maximum Gasteiger partial charge on any atom is 0.307 e. The van der Waals surface area contributed by atoms with Gasteiger partial charge >= 0.3 is 5.97 Å². The van der Waals surface area contributed by atoms with Gasteiger partial charge in [0.15, 0.2) is 0 Å². The van der Waals surface area contributed by atoms with Gasteiger partial charge in [0.25, 0.3) is 0 Å². The van der Waals surface area contributed by atoms with Crippen molar-refractivity contribution in [2.75, 3.05) is 13.1 Å². The Labute approximate surface area is 148 Å². The highest BCUT2D eigenvalue weighted by molar-refractivity contribution is 5.70. The molecule has 1 saturated heterocycles. The van der Waals surface area contributed by atoms with E-state index in [1.165, 1.54) is 0 Å². The first-order valence-corrected chi connectivity index (χ1v) is 8.87. The highest BCUT2D eigenvalue weighted by Gasteiger charge is 2.26. The minimum atomic E-state index is -0.794. The number of piperidine rings is 1. The molecule has 132 valence electrons. The van der Waals surface area contributed by atoms with Crippen LogP contribution in [0, 0.1) is 5.92 Å². The number of rotatable bonds is 6. The molecule has 25 heavy (non-hydrogen) atoms. The molecule has 0 aromatic heterocycles. The quantitative estimate of drug-likeness (QED) is 0.848. The first kappa shape index (κ1) is 17.6. The Hall–Kier alpha value is -2.17. The number of likely N-dealkylation sites (tertiary alicyclic amines) is 1. The molecule has 1 aliphatic heterocycles. The summed E-state index contributed by atoms with van der Waals surface area (Å²) in [4.78, 5) is 13.4. The van der Waals surface area contributed by atoms with Crippen LogP contribution in [-0.2, 0) is 17.8 Å². The minimum Gasteiger partial charge on any atom is -0.481 e. The van der Waals surface area contributed by atoms with E-state index in [1.54, 1.807) is 0 Å². The van der Waals surface area contributed by atoms with Gasteiger partial charge < -0.3 is 10.2 Å². The van der Waals surface area contributed by atoms with Crippen LogP contribution < -0.4 is 0 Å². The Bertz CT molecular complexity index is 693. The fraction of sp³-hybridized carbons (Fsp3) is 0.381. The fourth-order valence-corrected chi connectivity index (χ4v) is 3.64. The van der Waals surface area contributed by atoms with E-state index in [0.717, 1.165) is 49.2 Å². The largest absolute Gasteiger partial charge is 0.481 e. The summed E-state index contributed by atoms with van der Waals surface area (Å²) in [7, 11) is 0. The Morgan fingerprint density at radius 2 is 1.60 bits per heavy atom. The van der Waals surface area contributed by atoms with Crippen LogP contribution in [0.3, 0.4) is 0 Å². The number of carboxylic acid groups (broad SMARTS) is 1. The number of hydrogen-bond acceptors (Lipinski definition) is 3. The summed E-state index contributed by atoms with van der Waals surface area (Å²) in [5.74, 6) is -0.509. The standard InChI is InChI=1S/C21H25NO3/c23-20(24)14-18-8-4-5-9-19(18)15-22-12-10-17(11-13-22)21(25)16-6-2-1-3-7-16/h1-9,17,21,25H,10-15H2,(H,23,24). The van der Waals surface area contributed by atoms with Gasteiger partial charge in [0.05, 0.1) is 12.5 Å². The molecule has 0 amide bonds. The van der Waals surface area contributed by atoms with Crippen molar-refractivity contribution in [2.24, 2.45) is 5.92 Å². The monoisotopic (exact) mass is 339 g/mol. The lowest BCUT2D eigenvalue weighted by Crippen LogP contribution is -2.35. The van der Waals surface area contributed by atoms with Crippen LogP contribution in [0.15, 0.2) is 54.6 Å². The number of benzene rings is 2. The van der Waals surface area contributed by atoms with E-state index in [1.807, 2.05) is 54.6 Å². The van der Waals surface area contributed by atoms with Crippen LogP contribution in [0.1, 0.15) is 35.6 Å². The summed E-state index contributed by atoms with van der Waals surface area (Å²) in [6.45, 7) is 2.63. The molecule has 2 aromatic carbocycles. The summed E-state index contributed by atoms with van der Waals surface area (Å²) in [5, 5.41) is 19.6. The van der Waals surface area contributed by atoms with Crippen LogP contribution in [0.25, 0.3) is 0 Å². The van der Waals surface area contributed by atoms with Crippen molar-refractivity contribution in [2.45, 2.75) is 31.9 Å². The Morgan fingerprint density at radius 1 is 1.00 bits per heavy atom. The molecule has 2 N–H and O–H groups in total. The molecule has 1 aliphatic rings. The molecule has 4 nitrogen and oxygen atoms in total. The van der Waals surface area contributed by atoms with Crippen molar-refractivity contribution in [3.8, 4) is 0 Å². The predicted molar refractivity (Wildman–Crippen MR) is 97.2 cm³/mol.